The number of primary amides is 2. The van der Waals surface area contributed by atoms with Gasteiger partial charge in [-0.25, -0.2) is 4.79 Å². The van der Waals surface area contributed by atoms with Crippen molar-refractivity contribution in [3.63, 3.8) is 0 Å². The summed E-state index contributed by atoms with van der Waals surface area (Å²) < 4.78 is 0. The van der Waals surface area contributed by atoms with Crippen LogP contribution < -0.4 is 33.2 Å². The van der Waals surface area contributed by atoms with Gasteiger partial charge in [-0.3, -0.25) is 28.8 Å². The highest BCUT2D eigenvalue weighted by molar-refractivity contribution is 5.96. The molecule has 202 valence electrons. The number of carbonyl (C=O) groups is 7. The summed E-state index contributed by atoms with van der Waals surface area (Å²) in [4.78, 5) is 83.0. The van der Waals surface area contributed by atoms with E-state index in [0.29, 0.717) is 5.56 Å². The number of nitrogens with one attached hydrogen (secondary N) is 3. The Bertz CT molecular complexity index is 1020. The highest BCUT2D eigenvalue weighted by atomic mass is 16.4. The Kier molecular flexibility index (Phi) is 12.2. The normalized spacial score (nSPS) is 13.8. The van der Waals surface area contributed by atoms with E-state index >= 15 is 0 Å². The Balaban J connectivity index is 3.11. The maximum absolute atomic E-state index is 13.0. The summed E-state index contributed by atoms with van der Waals surface area (Å²) in [5, 5.41) is 24.7. The zero-order valence-corrected chi connectivity index (χ0v) is 19.7. The molecule has 37 heavy (non-hydrogen) atoms. The van der Waals surface area contributed by atoms with Gasteiger partial charge in [0, 0.05) is 12.8 Å². The predicted octanol–water partition coefficient (Wildman–Crippen LogP) is -3.29. The molecule has 11 N–H and O–H groups in total. The molecule has 0 spiro atoms. The number of aliphatic carboxylic acids is 2. The molecule has 15 heteroatoms. The molecule has 1 aromatic rings. The van der Waals surface area contributed by atoms with Gasteiger partial charge in [-0.15, -0.1) is 0 Å². The van der Waals surface area contributed by atoms with Gasteiger partial charge in [0.15, 0.2) is 0 Å². The Hall–Kier alpha value is -4.53. The average Bonchev–Trinajstić information content (AvgIpc) is 2.80. The molecule has 0 aliphatic heterocycles. The van der Waals surface area contributed by atoms with Crippen LogP contribution in [0.3, 0.4) is 0 Å². The molecule has 4 atom stereocenters. The number of nitrogens with two attached hydrogens (primary N) is 3. The van der Waals surface area contributed by atoms with E-state index in [4.69, 9.17) is 22.3 Å². The van der Waals surface area contributed by atoms with Gasteiger partial charge in [-0.2, -0.15) is 0 Å². The lowest BCUT2D eigenvalue weighted by molar-refractivity contribution is -0.144. The fraction of sp³-hybridized carbons (Fsp3) is 0.409. The SMILES string of the molecule is NC(=O)CC(NC(=O)C(Cc1ccccc1)NC(=O)C(CC(N)=O)NC(=O)C(N)CCC(=O)O)C(=O)O. The van der Waals surface area contributed by atoms with Gasteiger partial charge >= 0.3 is 11.9 Å². The van der Waals surface area contributed by atoms with Crippen molar-refractivity contribution in [1.82, 2.24) is 16.0 Å². The highest BCUT2D eigenvalue weighted by Gasteiger charge is 2.31. The highest BCUT2D eigenvalue weighted by Crippen LogP contribution is 2.06. The third-order valence-corrected chi connectivity index (χ3v) is 4.98. The third kappa shape index (κ3) is 11.6. The number of amides is 5. The second-order valence-corrected chi connectivity index (χ2v) is 8.09. The van der Waals surface area contributed by atoms with Crippen LogP contribution in [0.1, 0.15) is 31.2 Å². The number of hydrogen-bond acceptors (Lipinski definition) is 8. The van der Waals surface area contributed by atoms with Gasteiger partial charge in [-0.1, -0.05) is 30.3 Å². The first-order valence-electron chi connectivity index (χ1n) is 11.0. The number of hydrogen-bond donors (Lipinski definition) is 8. The number of rotatable bonds is 16. The predicted molar refractivity (Wildman–Crippen MR) is 126 cm³/mol. The van der Waals surface area contributed by atoms with Gasteiger partial charge in [0.2, 0.25) is 29.5 Å². The van der Waals surface area contributed by atoms with Crippen LogP contribution >= 0.6 is 0 Å². The molecule has 0 saturated heterocycles. The lowest BCUT2D eigenvalue weighted by atomic mass is 10.0. The zero-order chi connectivity index (χ0) is 28.1. The van der Waals surface area contributed by atoms with Gasteiger partial charge < -0.3 is 43.4 Å². The molecular formula is C22H30N6O9. The van der Waals surface area contributed by atoms with E-state index in [1.807, 2.05) is 0 Å². The van der Waals surface area contributed by atoms with Crippen molar-refractivity contribution in [2.45, 2.75) is 56.3 Å². The summed E-state index contributed by atoms with van der Waals surface area (Å²) in [6.07, 6.45) is -2.18. The number of carbonyl (C=O) groups excluding carboxylic acids is 5. The summed E-state index contributed by atoms with van der Waals surface area (Å²) in [6, 6.07) is 2.33. The lowest BCUT2D eigenvalue weighted by Crippen LogP contribution is -2.58. The van der Waals surface area contributed by atoms with E-state index in [0.717, 1.165) is 0 Å². The van der Waals surface area contributed by atoms with Gasteiger partial charge in [0.25, 0.3) is 0 Å². The topological polar surface area (TPSA) is 274 Å². The lowest BCUT2D eigenvalue weighted by Gasteiger charge is -2.24. The molecule has 0 bridgehead atoms. The first-order valence-corrected chi connectivity index (χ1v) is 11.0. The summed E-state index contributed by atoms with van der Waals surface area (Å²) in [5.74, 6) is -7.62. The molecule has 4 unspecified atom stereocenters. The Labute approximate surface area is 211 Å². The summed E-state index contributed by atoms with van der Waals surface area (Å²) in [5.41, 5.74) is 16.4. The van der Waals surface area contributed by atoms with Crippen molar-refractivity contribution in [3.8, 4) is 0 Å². The van der Waals surface area contributed by atoms with E-state index in [2.05, 4.69) is 16.0 Å². The fourth-order valence-corrected chi connectivity index (χ4v) is 3.10. The number of benzene rings is 1. The molecule has 0 saturated carbocycles. The maximum atomic E-state index is 13.0. The molecule has 0 aliphatic carbocycles. The van der Waals surface area contributed by atoms with Gasteiger partial charge in [0.05, 0.1) is 18.9 Å². The van der Waals surface area contributed by atoms with Crippen LogP contribution in [0.5, 0.6) is 0 Å². The van der Waals surface area contributed by atoms with E-state index < -0.39 is 84.9 Å². The minimum absolute atomic E-state index is 0.128. The van der Waals surface area contributed by atoms with E-state index in [9.17, 15) is 38.7 Å². The average molecular weight is 523 g/mol. The van der Waals surface area contributed by atoms with Crippen molar-refractivity contribution < 1.29 is 43.8 Å². The standard InChI is InChI=1S/C22H30N6O9/c23-12(6-7-18(31)32)19(33)26-14(9-16(24)29)21(35)27-13(8-11-4-2-1-3-5-11)20(34)28-15(22(36)37)10-17(25)30/h1-5,12-15H,6-10,23H2,(H2,24,29)(H2,25,30)(H,26,33)(H,27,35)(H,28,34)(H,31,32)(H,36,37). The number of carboxylic acid groups (broad SMARTS) is 2. The molecular weight excluding hydrogens is 492 g/mol. The molecule has 0 aromatic heterocycles. The van der Waals surface area contributed by atoms with Gasteiger partial charge in [-0.05, 0) is 12.0 Å². The Morgan fingerprint density at radius 1 is 0.730 bits per heavy atom. The molecule has 1 aromatic carbocycles. The minimum Gasteiger partial charge on any atom is -0.481 e. The monoisotopic (exact) mass is 522 g/mol. The van der Waals surface area contributed by atoms with Gasteiger partial charge in [0.1, 0.15) is 18.1 Å². The maximum Gasteiger partial charge on any atom is 0.326 e. The van der Waals surface area contributed by atoms with Crippen molar-refractivity contribution >= 4 is 41.5 Å². The molecule has 0 fully saturated rings. The second-order valence-electron chi connectivity index (χ2n) is 8.09. The van der Waals surface area contributed by atoms with Crippen LogP contribution in [0.25, 0.3) is 0 Å². The quantitative estimate of drug-likeness (QED) is 0.107. The smallest absolute Gasteiger partial charge is 0.326 e. The van der Waals surface area contributed by atoms with Crippen molar-refractivity contribution in [3.05, 3.63) is 35.9 Å². The number of carboxylic acids is 2. The second kappa shape index (κ2) is 14.8. The molecule has 0 aliphatic rings. The van der Waals surface area contributed by atoms with E-state index in [-0.39, 0.29) is 12.8 Å². The van der Waals surface area contributed by atoms with E-state index in [1.165, 1.54) is 0 Å². The third-order valence-electron chi connectivity index (χ3n) is 4.98. The van der Waals surface area contributed by atoms with Crippen molar-refractivity contribution in [2.24, 2.45) is 17.2 Å². The fourth-order valence-electron chi connectivity index (χ4n) is 3.10. The minimum atomic E-state index is -1.67. The Morgan fingerprint density at radius 3 is 1.73 bits per heavy atom. The molecule has 15 nitrogen and oxygen atoms in total. The van der Waals surface area contributed by atoms with Crippen LogP contribution in [0, 0.1) is 0 Å². The first kappa shape index (κ1) is 30.5. The van der Waals surface area contributed by atoms with E-state index in [1.54, 1.807) is 30.3 Å². The van der Waals surface area contributed by atoms with Crippen LogP contribution in [-0.4, -0.2) is 75.9 Å². The molecule has 0 heterocycles. The molecule has 0 radical (unpaired) electrons. The largest absolute Gasteiger partial charge is 0.481 e. The van der Waals surface area contributed by atoms with Crippen LogP contribution in [0.4, 0.5) is 0 Å². The van der Waals surface area contributed by atoms with Crippen molar-refractivity contribution in [1.29, 1.82) is 0 Å². The summed E-state index contributed by atoms with van der Waals surface area (Å²) in [7, 11) is 0. The van der Waals surface area contributed by atoms with Crippen LogP contribution in [0.15, 0.2) is 30.3 Å². The zero-order valence-electron chi connectivity index (χ0n) is 19.7. The molecule has 5 amide bonds. The van der Waals surface area contributed by atoms with Crippen LogP contribution in [-0.2, 0) is 40.0 Å². The summed E-state index contributed by atoms with van der Waals surface area (Å²) >= 11 is 0. The first-order chi connectivity index (χ1) is 17.3. The van der Waals surface area contributed by atoms with Crippen LogP contribution in [0.2, 0.25) is 0 Å². The molecule has 1 rings (SSSR count). The summed E-state index contributed by atoms with van der Waals surface area (Å²) in [6.45, 7) is 0. The van der Waals surface area contributed by atoms with Crippen molar-refractivity contribution in [2.75, 3.05) is 0 Å². The Morgan fingerprint density at radius 2 is 1.22 bits per heavy atom.